The van der Waals surface area contributed by atoms with Crippen molar-refractivity contribution in [1.82, 2.24) is 9.55 Å². The van der Waals surface area contributed by atoms with E-state index in [9.17, 15) is 0 Å². The smallest absolute Gasteiger partial charge is 0.177 e. The van der Waals surface area contributed by atoms with Gasteiger partial charge in [-0.3, -0.25) is 0 Å². The predicted octanol–water partition coefficient (Wildman–Crippen LogP) is 6.59. The maximum Gasteiger partial charge on any atom is 0.177 e. The summed E-state index contributed by atoms with van der Waals surface area (Å²) in [7, 11) is 0. The molecule has 3 nitrogen and oxygen atoms in total. The van der Waals surface area contributed by atoms with Crippen LogP contribution >= 0.6 is 36.4 Å². The maximum absolute atomic E-state index is 6.26. The molecule has 0 saturated heterocycles. The van der Waals surface area contributed by atoms with Crippen LogP contribution in [0.3, 0.4) is 0 Å². The Morgan fingerprint density at radius 3 is 2.28 bits per heavy atom. The first-order valence-corrected chi connectivity index (χ1v) is 10.7. The molecule has 0 amide bonds. The first-order valence-electron chi connectivity index (χ1n) is 9.44. The number of benzene rings is 2. The summed E-state index contributed by atoms with van der Waals surface area (Å²) >= 11 is 16.3. The molecule has 0 saturated carbocycles. The molecule has 2 atom stereocenters. The van der Waals surface area contributed by atoms with Crippen molar-refractivity contribution in [2.75, 3.05) is 0 Å². The normalized spacial score (nSPS) is 13.7. The van der Waals surface area contributed by atoms with E-state index in [4.69, 9.17) is 28.6 Å². The van der Waals surface area contributed by atoms with E-state index in [0.29, 0.717) is 16.6 Å². The van der Waals surface area contributed by atoms with Crippen molar-refractivity contribution in [1.29, 1.82) is 0 Å². The molecule has 0 N–H and O–H groups in total. The zero-order chi connectivity index (χ0) is 21.0. The van der Waals surface area contributed by atoms with Gasteiger partial charge in [-0.15, -0.1) is 0 Å². The molecule has 0 radical (unpaired) electrons. The molecule has 6 heteroatoms. The third-order valence-corrected chi connectivity index (χ3v) is 6.04. The molecule has 0 aliphatic heterocycles. The van der Waals surface area contributed by atoms with Crippen LogP contribution in [-0.4, -0.2) is 14.6 Å². The number of aromatic nitrogens is 2. The third kappa shape index (κ3) is 5.84. The summed E-state index contributed by atoms with van der Waals surface area (Å²) in [5.74, 6) is 0. The van der Waals surface area contributed by atoms with Crippen LogP contribution in [0.25, 0.3) is 0 Å². The van der Waals surface area contributed by atoms with E-state index >= 15 is 0 Å². The number of thiocarbonyl (C=S) groups is 1. The standard InChI is InChI=1S/C23H25ClN2OS2/c1-23(2,3)18-8-4-16(5-9-18)20(14-26-13-12-25-15-26)27-22(29)21(28)17-6-10-19(24)11-7-17/h4-13,15,20-21,28H,14H2,1-3H3. The fourth-order valence-corrected chi connectivity index (χ4v) is 3.59. The summed E-state index contributed by atoms with van der Waals surface area (Å²) in [4.78, 5) is 4.13. The number of imidazole rings is 1. The molecule has 2 unspecified atom stereocenters. The van der Waals surface area contributed by atoms with Gasteiger partial charge in [-0.25, -0.2) is 4.98 Å². The van der Waals surface area contributed by atoms with Crippen LogP contribution in [0.1, 0.15) is 48.8 Å². The SMILES string of the molecule is CC(C)(C)c1ccc(C(Cn2ccnc2)OC(=S)C(S)c2ccc(Cl)cc2)cc1. The van der Waals surface area contributed by atoms with Crippen LogP contribution in [-0.2, 0) is 16.7 Å². The number of nitrogens with zero attached hydrogens (tertiary/aromatic N) is 2. The van der Waals surface area contributed by atoms with Crippen molar-refractivity contribution in [3.8, 4) is 0 Å². The first-order chi connectivity index (χ1) is 13.7. The summed E-state index contributed by atoms with van der Waals surface area (Å²) in [6.07, 6.45) is 5.21. The van der Waals surface area contributed by atoms with Crippen LogP contribution in [0.5, 0.6) is 0 Å². The van der Waals surface area contributed by atoms with Gasteiger partial charge in [0.2, 0.25) is 0 Å². The third-order valence-electron chi connectivity index (χ3n) is 4.75. The number of hydrogen-bond donors (Lipinski definition) is 1. The Kier molecular flexibility index (Phi) is 7.04. The molecule has 0 aliphatic rings. The Bertz CT molecular complexity index is 933. The Labute approximate surface area is 188 Å². The van der Waals surface area contributed by atoms with Crippen molar-refractivity contribution < 1.29 is 4.74 Å². The highest BCUT2D eigenvalue weighted by molar-refractivity contribution is 7.86. The summed E-state index contributed by atoms with van der Waals surface area (Å²) in [6.45, 7) is 7.22. The maximum atomic E-state index is 6.26. The molecule has 29 heavy (non-hydrogen) atoms. The van der Waals surface area contributed by atoms with Crippen LogP contribution in [0.4, 0.5) is 0 Å². The largest absolute Gasteiger partial charge is 0.476 e. The second-order valence-corrected chi connectivity index (χ2v) is 9.37. The average Bonchev–Trinajstić information content (AvgIpc) is 3.20. The summed E-state index contributed by atoms with van der Waals surface area (Å²) in [5, 5.41) is 0.792. The van der Waals surface area contributed by atoms with Crippen molar-refractivity contribution >= 4 is 41.5 Å². The monoisotopic (exact) mass is 444 g/mol. The second-order valence-electron chi connectivity index (χ2n) is 8.01. The molecule has 152 valence electrons. The van der Waals surface area contributed by atoms with E-state index in [-0.39, 0.29) is 16.8 Å². The number of rotatable bonds is 6. The van der Waals surface area contributed by atoms with E-state index < -0.39 is 0 Å². The molecule has 1 aromatic heterocycles. The predicted molar refractivity (Wildman–Crippen MR) is 127 cm³/mol. The first kappa shape index (κ1) is 21.9. The van der Waals surface area contributed by atoms with Crippen molar-refractivity contribution in [3.05, 3.63) is 89.0 Å². The average molecular weight is 445 g/mol. The molecule has 2 aromatic carbocycles. The Morgan fingerprint density at radius 1 is 1.10 bits per heavy atom. The number of halogens is 1. The highest BCUT2D eigenvalue weighted by Crippen LogP contribution is 2.30. The molecule has 0 aliphatic carbocycles. The Hall–Kier alpha value is -1.82. The van der Waals surface area contributed by atoms with Gasteiger partial charge in [0.15, 0.2) is 5.05 Å². The van der Waals surface area contributed by atoms with E-state index in [0.717, 1.165) is 11.1 Å². The lowest BCUT2D eigenvalue weighted by molar-refractivity contribution is 0.171. The van der Waals surface area contributed by atoms with Gasteiger partial charge in [-0.2, -0.15) is 12.6 Å². The number of hydrogen-bond acceptors (Lipinski definition) is 4. The molecule has 0 fully saturated rings. The molecule has 0 spiro atoms. The molecular weight excluding hydrogens is 420 g/mol. The molecular formula is C23H25ClN2OS2. The van der Waals surface area contributed by atoms with Crippen molar-refractivity contribution in [2.24, 2.45) is 0 Å². The molecule has 0 bridgehead atoms. The molecule has 3 aromatic rings. The van der Waals surface area contributed by atoms with E-state index in [2.05, 4.69) is 62.6 Å². The minimum Gasteiger partial charge on any atom is -0.476 e. The van der Waals surface area contributed by atoms with Gasteiger partial charge in [0.25, 0.3) is 0 Å². The van der Waals surface area contributed by atoms with Crippen molar-refractivity contribution in [3.63, 3.8) is 0 Å². The minimum absolute atomic E-state index is 0.0965. The Morgan fingerprint density at radius 2 is 1.72 bits per heavy atom. The van der Waals surface area contributed by atoms with E-state index in [1.165, 1.54) is 5.56 Å². The highest BCUT2D eigenvalue weighted by Gasteiger charge is 2.22. The van der Waals surface area contributed by atoms with Gasteiger partial charge in [0.1, 0.15) is 6.10 Å². The van der Waals surface area contributed by atoms with E-state index in [1.807, 2.05) is 35.0 Å². The van der Waals surface area contributed by atoms with Gasteiger partial charge < -0.3 is 9.30 Å². The fourth-order valence-electron chi connectivity index (χ4n) is 2.98. The summed E-state index contributed by atoms with van der Waals surface area (Å²) in [5.41, 5.74) is 3.38. The van der Waals surface area contributed by atoms with E-state index in [1.54, 1.807) is 12.5 Å². The second kappa shape index (κ2) is 9.33. The molecule has 1 heterocycles. The van der Waals surface area contributed by atoms with Crippen LogP contribution < -0.4 is 0 Å². The van der Waals surface area contributed by atoms with Gasteiger partial charge in [0.05, 0.1) is 18.1 Å². The van der Waals surface area contributed by atoms with Gasteiger partial charge in [0, 0.05) is 17.4 Å². The van der Waals surface area contributed by atoms with Crippen LogP contribution in [0, 0.1) is 0 Å². The van der Waals surface area contributed by atoms with Gasteiger partial charge in [-0.1, -0.05) is 68.8 Å². The van der Waals surface area contributed by atoms with Gasteiger partial charge in [-0.05, 0) is 46.5 Å². The lowest BCUT2D eigenvalue weighted by Crippen LogP contribution is -2.18. The quantitative estimate of drug-likeness (QED) is 0.343. The zero-order valence-corrected chi connectivity index (χ0v) is 19.2. The topological polar surface area (TPSA) is 27.1 Å². The fraction of sp³-hybridized carbons (Fsp3) is 0.304. The zero-order valence-electron chi connectivity index (χ0n) is 16.7. The number of ether oxygens (including phenoxy) is 1. The van der Waals surface area contributed by atoms with Gasteiger partial charge >= 0.3 is 0 Å². The lowest BCUT2D eigenvalue weighted by Gasteiger charge is -2.24. The van der Waals surface area contributed by atoms with Crippen molar-refractivity contribution in [2.45, 2.75) is 44.1 Å². The van der Waals surface area contributed by atoms with Crippen LogP contribution in [0.15, 0.2) is 67.3 Å². The summed E-state index contributed by atoms with van der Waals surface area (Å²) in [6, 6.07) is 16.0. The molecule has 3 rings (SSSR count). The Balaban J connectivity index is 1.81. The number of thiol groups is 1. The minimum atomic E-state index is -0.318. The lowest BCUT2D eigenvalue weighted by atomic mass is 9.86. The summed E-state index contributed by atoms with van der Waals surface area (Å²) < 4.78 is 8.24. The highest BCUT2D eigenvalue weighted by atomic mass is 35.5. The van der Waals surface area contributed by atoms with Crippen LogP contribution in [0.2, 0.25) is 5.02 Å².